The lowest BCUT2D eigenvalue weighted by molar-refractivity contribution is 0.0821. The van der Waals surface area contributed by atoms with Crippen molar-refractivity contribution in [2.75, 3.05) is 14.1 Å². The first-order valence-electron chi connectivity index (χ1n) is 7.33. The van der Waals surface area contributed by atoms with E-state index in [0.717, 1.165) is 0 Å². The van der Waals surface area contributed by atoms with Crippen LogP contribution in [0.15, 0.2) is 41.3 Å². The highest BCUT2D eigenvalue weighted by atomic mass is 35.5. The van der Waals surface area contributed by atoms with Crippen molar-refractivity contribution in [3.05, 3.63) is 57.2 Å². The fourth-order valence-electron chi connectivity index (χ4n) is 2.49. The van der Waals surface area contributed by atoms with Crippen molar-refractivity contribution >= 4 is 62.6 Å². The number of aromatic hydroxyl groups is 1. The molecule has 1 aromatic heterocycles. The Morgan fingerprint density at radius 3 is 2.42 bits per heavy atom. The van der Waals surface area contributed by atoms with Gasteiger partial charge in [0.05, 0.1) is 10.5 Å². The van der Waals surface area contributed by atoms with E-state index in [1.54, 1.807) is 38.4 Å². The van der Waals surface area contributed by atoms with Crippen LogP contribution in [0.1, 0.15) is 10.5 Å². The quantitative estimate of drug-likeness (QED) is 0.660. The fraction of sp³-hybridized carbons (Fsp3) is 0.118. The number of carbonyl (C=O) groups excluding carboxylic acids is 1. The third-order valence-corrected chi connectivity index (χ3v) is 5.85. The molecule has 1 N–H and O–H groups in total. The molecule has 9 heteroatoms. The number of hydrogen-bond acceptors (Lipinski definition) is 3. The van der Waals surface area contributed by atoms with Gasteiger partial charge in [-0.2, -0.15) is 0 Å². The molecule has 0 radical (unpaired) electrons. The summed E-state index contributed by atoms with van der Waals surface area (Å²) in [6.07, 6.45) is 0. The van der Waals surface area contributed by atoms with E-state index in [-0.39, 0.29) is 32.3 Å². The molecule has 0 aliphatic heterocycles. The minimum atomic E-state index is -1.97. The number of phenols is 1. The third-order valence-electron chi connectivity index (χ3n) is 3.69. The lowest BCUT2D eigenvalue weighted by atomic mass is 10.2. The van der Waals surface area contributed by atoms with Gasteiger partial charge in [-0.15, -0.1) is 0 Å². The highest BCUT2D eigenvalue weighted by Gasteiger charge is 2.24. The summed E-state index contributed by atoms with van der Waals surface area (Å²) in [5, 5.41) is 11.6. The van der Waals surface area contributed by atoms with E-state index in [4.69, 9.17) is 34.8 Å². The minimum Gasteiger partial charge on any atom is -0.505 e. The van der Waals surface area contributed by atoms with Crippen LogP contribution in [-0.4, -0.2) is 38.2 Å². The molecule has 26 heavy (non-hydrogen) atoms. The van der Waals surface area contributed by atoms with Crippen LogP contribution < -0.4 is 0 Å². The first kappa shape index (κ1) is 19.0. The lowest BCUT2D eigenvalue weighted by Gasteiger charge is -2.15. The molecule has 0 fully saturated rings. The van der Waals surface area contributed by atoms with Gasteiger partial charge in [-0.1, -0.05) is 34.8 Å². The van der Waals surface area contributed by atoms with Crippen LogP contribution in [0.5, 0.6) is 5.75 Å². The van der Waals surface area contributed by atoms with Crippen LogP contribution in [0.4, 0.5) is 0 Å². The second-order valence-corrected chi connectivity index (χ2v) is 8.29. The largest absolute Gasteiger partial charge is 0.505 e. The number of nitrogens with zero attached hydrogens (tertiary/aromatic N) is 2. The summed E-state index contributed by atoms with van der Waals surface area (Å²) < 4.78 is 14.6. The van der Waals surface area contributed by atoms with Gasteiger partial charge >= 0.3 is 0 Å². The van der Waals surface area contributed by atoms with Gasteiger partial charge in [0, 0.05) is 29.5 Å². The first-order chi connectivity index (χ1) is 12.2. The summed E-state index contributed by atoms with van der Waals surface area (Å²) in [6.45, 7) is 0. The summed E-state index contributed by atoms with van der Waals surface area (Å²) in [6, 6.07) is 9.26. The molecule has 0 bridgehead atoms. The Bertz CT molecular complexity index is 1060. The van der Waals surface area contributed by atoms with Crippen molar-refractivity contribution in [1.29, 1.82) is 0 Å². The molecule has 3 aromatic rings. The Labute approximate surface area is 167 Å². The molecule has 0 aliphatic rings. The molecule has 3 rings (SSSR count). The average Bonchev–Trinajstić information content (AvgIpc) is 2.94. The number of fused-ring (bicyclic) bond motifs is 1. The van der Waals surface area contributed by atoms with E-state index in [0.29, 0.717) is 15.9 Å². The molecule has 1 atom stereocenters. The van der Waals surface area contributed by atoms with Crippen molar-refractivity contribution in [2.24, 2.45) is 0 Å². The molecule has 1 amide bonds. The number of halogens is 3. The molecule has 0 saturated heterocycles. The minimum absolute atomic E-state index is 0.00255. The maximum absolute atomic E-state index is 13.3. The average molecular weight is 432 g/mol. The molecule has 1 unspecified atom stereocenters. The van der Waals surface area contributed by atoms with Crippen LogP contribution in [0, 0.1) is 0 Å². The monoisotopic (exact) mass is 430 g/mol. The van der Waals surface area contributed by atoms with Crippen LogP contribution in [0.2, 0.25) is 15.1 Å². The molecule has 5 nitrogen and oxygen atoms in total. The summed E-state index contributed by atoms with van der Waals surface area (Å²) in [4.78, 5) is 14.0. The van der Waals surface area contributed by atoms with Crippen LogP contribution >= 0.6 is 34.8 Å². The number of phenolic OH excluding ortho intramolecular Hbond substituents is 1. The Morgan fingerprint density at radius 1 is 1.08 bits per heavy atom. The predicted molar refractivity (Wildman–Crippen MR) is 105 cm³/mol. The summed E-state index contributed by atoms with van der Waals surface area (Å²) in [5.41, 5.74) is 0.703. The van der Waals surface area contributed by atoms with Crippen LogP contribution in [0.25, 0.3) is 10.9 Å². The second-order valence-electron chi connectivity index (χ2n) is 5.71. The number of hydrogen-bond donors (Lipinski definition) is 1. The van der Waals surface area contributed by atoms with Gasteiger partial charge in [0.15, 0.2) is 16.7 Å². The van der Waals surface area contributed by atoms with Crippen LogP contribution in [-0.2, 0) is 11.0 Å². The predicted octanol–water partition coefficient (Wildman–Crippen LogP) is 4.58. The molecule has 0 aliphatic carbocycles. The number of carbonyl (C=O) groups is 1. The molecule has 136 valence electrons. The van der Waals surface area contributed by atoms with Gasteiger partial charge in [0.25, 0.3) is 5.91 Å². The molecule has 0 saturated carbocycles. The Kier molecular flexibility index (Phi) is 5.21. The summed E-state index contributed by atoms with van der Waals surface area (Å²) >= 11 is 18.0. The van der Waals surface area contributed by atoms with Crippen molar-refractivity contribution in [3.8, 4) is 5.75 Å². The van der Waals surface area contributed by atoms with Crippen molar-refractivity contribution in [1.82, 2.24) is 8.87 Å². The molecule has 2 aromatic carbocycles. The Balaban J connectivity index is 2.31. The molecular weight excluding hydrogens is 419 g/mol. The smallest absolute Gasteiger partial charge is 0.270 e. The number of aromatic nitrogens is 1. The standard InChI is InChI=1S/C17H13Cl3N2O3S/c1-21(2)17(24)14-6-9-5-10(18)3-4-13(9)22(14)26(25)15-8-11(19)7-12(20)16(15)23/h3-8,23H,1-2H3. The highest BCUT2D eigenvalue weighted by Crippen LogP contribution is 2.35. The lowest BCUT2D eigenvalue weighted by Crippen LogP contribution is -2.25. The zero-order valence-corrected chi connectivity index (χ0v) is 16.7. The zero-order valence-electron chi connectivity index (χ0n) is 13.7. The zero-order chi connectivity index (χ0) is 19.2. The Morgan fingerprint density at radius 2 is 1.77 bits per heavy atom. The Hall–Kier alpha value is -1.73. The SMILES string of the molecule is CN(C)C(=O)c1cc2cc(Cl)ccc2n1S(=O)c1cc(Cl)cc(Cl)c1O. The first-order valence-corrected chi connectivity index (χ1v) is 9.57. The van der Waals surface area contributed by atoms with Gasteiger partial charge in [-0.25, -0.2) is 8.18 Å². The van der Waals surface area contributed by atoms with Gasteiger partial charge in [0.2, 0.25) is 0 Å². The van der Waals surface area contributed by atoms with E-state index < -0.39 is 11.0 Å². The topological polar surface area (TPSA) is 62.5 Å². The molecular formula is C17H13Cl3N2O3S. The van der Waals surface area contributed by atoms with E-state index in [9.17, 15) is 14.1 Å². The number of amides is 1. The maximum atomic E-state index is 13.3. The van der Waals surface area contributed by atoms with Gasteiger partial charge in [-0.3, -0.25) is 4.79 Å². The normalized spacial score (nSPS) is 12.3. The second kappa shape index (κ2) is 7.12. The van der Waals surface area contributed by atoms with E-state index >= 15 is 0 Å². The van der Waals surface area contributed by atoms with Crippen LogP contribution in [0.3, 0.4) is 0 Å². The van der Waals surface area contributed by atoms with Crippen molar-refractivity contribution in [3.63, 3.8) is 0 Å². The third kappa shape index (κ3) is 3.30. The van der Waals surface area contributed by atoms with Crippen molar-refractivity contribution < 1.29 is 14.1 Å². The van der Waals surface area contributed by atoms with E-state index in [1.807, 2.05) is 0 Å². The maximum Gasteiger partial charge on any atom is 0.270 e. The number of rotatable bonds is 3. The fourth-order valence-corrected chi connectivity index (χ4v) is 4.64. The summed E-state index contributed by atoms with van der Waals surface area (Å²) in [5.74, 6) is -0.702. The molecule has 0 spiro atoms. The van der Waals surface area contributed by atoms with Gasteiger partial charge in [0.1, 0.15) is 10.6 Å². The van der Waals surface area contributed by atoms with Crippen molar-refractivity contribution in [2.45, 2.75) is 4.90 Å². The van der Waals surface area contributed by atoms with E-state index in [1.165, 1.54) is 21.0 Å². The van der Waals surface area contributed by atoms with Gasteiger partial charge < -0.3 is 10.0 Å². The highest BCUT2D eigenvalue weighted by molar-refractivity contribution is 7.84. The van der Waals surface area contributed by atoms with E-state index in [2.05, 4.69) is 0 Å². The number of benzene rings is 2. The molecule has 1 heterocycles. The summed E-state index contributed by atoms with van der Waals surface area (Å²) in [7, 11) is 1.21. The van der Waals surface area contributed by atoms with Gasteiger partial charge in [-0.05, 0) is 36.4 Å².